The number of carbonyl (C=O) groups is 1. The van der Waals surface area contributed by atoms with Crippen LogP contribution in [-0.4, -0.2) is 27.0 Å². The Morgan fingerprint density at radius 3 is 3.00 bits per heavy atom. The van der Waals surface area contributed by atoms with Crippen molar-refractivity contribution in [1.82, 2.24) is 19.9 Å². The lowest BCUT2D eigenvalue weighted by Crippen LogP contribution is -2.39. The van der Waals surface area contributed by atoms with Gasteiger partial charge in [-0.1, -0.05) is 0 Å². The van der Waals surface area contributed by atoms with Gasteiger partial charge in [-0.15, -0.1) is 0 Å². The molecule has 2 aromatic heterocycles. The van der Waals surface area contributed by atoms with Gasteiger partial charge >= 0.3 is 0 Å². The zero-order chi connectivity index (χ0) is 18.7. The van der Waals surface area contributed by atoms with Crippen LogP contribution >= 0.6 is 0 Å². The monoisotopic (exact) mass is 358 g/mol. The first-order chi connectivity index (χ1) is 12.5. The van der Waals surface area contributed by atoms with Crippen molar-refractivity contribution in [2.24, 2.45) is 5.92 Å². The van der Waals surface area contributed by atoms with E-state index in [0.717, 1.165) is 36.5 Å². The van der Waals surface area contributed by atoms with Gasteiger partial charge in [0.2, 0.25) is 5.91 Å². The fourth-order valence-electron chi connectivity index (χ4n) is 3.56. The molecule has 0 radical (unpaired) electrons. The second kappa shape index (κ2) is 7.86. The summed E-state index contributed by atoms with van der Waals surface area (Å²) in [4.78, 5) is 32.2. The Morgan fingerprint density at radius 1 is 1.46 bits per heavy atom. The third kappa shape index (κ3) is 3.72. The molecule has 2 N–H and O–H groups in total. The van der Waals surface area contributed by atoms with E-state index in [1.807, 2.05) is 37.6 Å². The highest BCUT2D eigenvalue weighted by Gasteiger charge is 2.35. The van der Waals surface area contributed by atoms with E-state index in [1.54, 1.807) is 6.20 Å². The van der Waals surface area contributed by atoms with Crippen LogP contribution in [0.4, 0.5) is 0 Å². The number of ether oxygens (including phenoxy) is 1. The lowest BCUT2D eigenvalue weighted by molar-refractivity contribution is -0.135. The average molecular weight is 358 g/mol. The van der Waals surface area contributed by atoms with E-state index < -0.39 is 0 Å². The van der Waals surface area contributed by atoms with Crippen LogP contribution in [0.15, 0.2) is 23.3 Å². The maximum absolute atomic E-state index is 12.8. The molecule has 140 valence electrons. The van der Waals surface area contributed by atoms with E-state index in [2.05, 4.69) is 15.3 Å². The summed E-state index contributed by atoms with van der Waals surface area (Å²) in [6.07, 6.45) is 4.87. The van der Waals surface area contributed by atoms with Gasteiger partial charge < -0.3 is 19.6 Å². The topological polar surface area (TPSA) is 89.0 Å². The number of pyridine rings is 1. The Bertz CT molecular complexity index is 840. The number of H-pyrrole nitrogens is 1. The summed E-state index contributed by atoms with van der Waals surface area (Å²) in [6, 6.07) is 1.91. The Labute approximate surface area is 152 Å². The largest absolute Gasteiger partial charge is 0.369 e. The number of hydrogen-bond acceptors (Lipinski definition) is 4. The van der Waals surface area contributed by atoms with Gasteiger partial charge in [0.15, 0.2) is 0 Å². The van der Waals surface area contributed by atoms with Gasteiger partial charge in [0.05, 0.1) is 5.92 Å². The first kappa shape index (κ1) is 18.4. The molecule has 0 saturated carbocycles. The highest BCUT2D eigenvalue weighted by Crippen LogP contribution is 2.33. The van der Waals surface area contributed by atoms with E-state index in [-0.39, 0.29) is 30.0 Å². The van der Waals surface area contributed by atoms with Crippen LogP contribution < -0.4 is 10.9 Å². The van der Waals surface area contributed by atoms with Gasteiger partial charge in [-0.25, -0.2) is 4.98 Å². The molecule has 1 fully saturated rings. The number of nitrogens with one attached hydrogen (secondary N) is 2. The standard InChI is InChI=1S/C19H26N4O3/c1-4-23-8-7-20-17(23)16-14(6-5-9-26-16)18(24)21-11-15-12(2)10-13(3)22-19(15)25/h7-8,10,14,16H,4-6,9,11H2,1-3H3,(H,21,24)(H,22,25)/t14-,16-/m1/s1. The number of carbonyl (C=O) groups excluding carboxylic acids is 1. The minimum absolute atomic E-state index is 0.0975. The van der Waals surface area contributed by atoms with Crippen molar-refractivity contribution in [3.63, 3.8) is 0 Å². The summed E-state index contributed by atoms with van der Waals surface area (Å²) in [5.41, 5.74) is 2.13. The van der Waals surface area contributed by atoms with Crippen molar-refractivity contribution in [2.45, 2.75) is 52.8 Å². The van der Waals surface area contributed by atoms with E-state index in [4.69, 9.17) is 4.74 Å². The second-order valence-corrected chi connectivity index (χ2v) is 6.77. The number of hydrogen-bond donors (Lipinski definition) is 2. The predicted octanol–water partition coefficient (Wildman–Crippen LogP) is 1.99. The number of amides is 1. The molecule has 0 spiro atoms. The zero-order valence-electron chi connectivity index (χ0n) is 15.5. The lowest BCUT2D eigenvalue weighted by atomic mass is 9.92. The van der Waals surface area contributed by atoms with Crippen molar-refractivity contribution in [3.8, 4) is 0 Å². The third-order valence-corrected chi connectivity index (χ3v) is 4.94. The van der Waals surface area contributed by atoms with Crippen LogP contribution in [0.25, 0.3) is 0 Å². The number of imidazole rings is 1. The number of aryl methyl sites for hydroxylation is 3. The Hall–Kier alpha value is -2.41. The molecule has 7 nitrogen and oxygen atoms in total. The highest BCUT2D eigenvalue weighted by atomic mass is 16.5. The number of rotatable bonds is 5. The van der Waals surface area contributed by atoms with Crippen LogP contribution in [0.2, 0.25) is 0 Å². The molecule has 26 heavy (non-hydrogen) atoms. The highest BCUT2D eigenvalue weighted by molar-refractivity contribution is 5.79. The summed E-state index contributed by atoms with van der Waals surface area (Å²) in [7, 11) is 0. The van der Waals surface area contributed by atoms with Gasteiger partial charge in [0.1, 0.15) is 11.9 Å². The Balaban J connectivity index is 1.75. The molecule has 7 heteroatoms. The Morgan fingerprint density at radius 2 is 2.27 bits per heavy atom. The molecule has 3 rings (SSSR count). The van der Waals surface area contributed by atoms with Gasteiger partial charge in [-0.2, -0.15) is 0 Å². The van der Waals surface area contributed by atoms with Crippen LogP contribution in [0.5, 0.6) is 0 Å². The summed E-state index contributed by atoms with van der Waals surface area (Å²) in [5, 5.41) is 2.92. The normalized spacial score (nSPS) is 20.1. The van der Waals surface area contributed by atoms with E-state index in [0.29, 0.717) is 12.2 Å². The zero-order valence-corrected chi connectivity index (χ0v) is 15.5. The van der Waals surface area contributed by atoms with Crippen molar-refractivity contribution in [3.05, 3.63) is 51.5 Å². The SMILES string of the molecule is CCn1ccnc1[C@@H]1OCCC[C@H]1C(=O)NCc1c(C)cc(C)[nH]c1=O. The van der Waals surface area contributed by atoms with Crippen molar-refractivity contribution in [2.75, 3.05) is 6.61 Å². The molecule has 1 amide bonds. The lowest BCUT2D eigenvalue weighted by Gasteiger charge is -2.30. The minimum atomic E-state index is -0.351. The molecule has 1 saturated heterocycles. The van der Waals surface area contributed by atoms with Gasteiger partial charge in [-0.05, 0) is 45.2 Å². The second-order valence-electron chi connectivity index (χ2n) is 6.77. The third-order valence-electron chi connectivity index (χ3n) is 4.94. The van der Waals surface area contributed by atoms with E-state index in [9.17, 15) is 9.59 Å². The molecule has 3 heterocycles. The summed E-state index contributed by atoms with van der Waals surface area (Å²) in [6.45, 7) is 7.38. The molecular formula is C19H26N4O3. The molecule has 0 aromatic carbocycles. The fourth-order valence-corrected chi connectivity index (χ4v) is 3.56. The molecule has 0 bridgehead atoms. The van der Waals surface area contributed by atoms with E-state index >= 15 is 0 Å². The van der Waals surface area contributed by atoms with Crippen LogP contribution in [0, 0.1) is 19.8 Å². The first-order valence-electron chi connectivity index (χ1n) is 9.11. The quantitative estimate of drug-likeness (QED) is 0.855. The molecular weight excluding hydrogens is 332 g/mol. The summed E-state index contributed by atoms with van der Waals surface area (Å²) < 4.78 is 7.91. The number of nitrogens with zero attached hydrogens (tertiary/aromatic N) is 2. The summed E-state index contributed by atoms with van der Waals surface area (Å²) in [5.74, 6) is 0.387. The van der Waals surface area contributed by atoms with Crippen LogP contribution in [-0.2, 0) is 22.6 Å². The summed E-state index contributed by atoms with van der Waals surface area (Å²) >= 11 is 0. The smallest absolute Gasteiger partial charge is 0.253 e. The predicted molar refractivity (Wildman–Crippen MR) is 97.7 cm³/mol. The van der Waals surface area contributed by atoms with Crippen molar-refractivity contribution >= 4 is 5.91 Å². The number of aromatic nitrogens is 3. The van der Waals surface area contributed by atoms with Gasteiger partial charge in [0, 0.05) is 43.3 Å². The molecule has 0 unspecified atom stereocenters. The molecule has 1 aliphatic heterocycles. The first-order valence-corrected chi connectivity index (χ1v) is 9.11. The number of aromatic amines is 1. The van der Waals surface area contributed by atoms with Crippen molar-refractivity contribution < 1.29 is 9.53 Å². The molecule has 2 aromatic rings. The van der Waals surface area contributed by atoms with E-state index in [1.165, 1.54) is 0 Å². The van der Waals surface area contributed by atoms with Crippen molar-refractivity contribution in [1.29, 1.82) is 0 Å². The molecule has 2 atom stereocenters. The van der Waals surface area contributed by atoms with Gasteiger partial charge in [0.25, 0.3) is 5.56 Å². The molecule has 1 aliphatic rings. The maximum Gasteiger partial charge on any atom is 0.253 e. The Kier molecular flexibility index (Phi) is 5.56. The van der Waals surface area contributed by atoms with Crippen LogP contribution in [0.3, 0.4) is 0 Å². The van der Waals surface area contributed by atoms with Gasteiger partial charge in [-0.3, -0.25) is 9.59 Å². The average Bonchev–Trinajstić information content (AvgIpc) is 3.09. The fraction of sp³-hybridized carbons (Fsp3) is 0.526. The minimum Gasteiger partial charge on any atom is -0.369 e. The molecule has 0 aliphatic carbocycles. The van der Waals surface area contributed by atoms with Crippen LogP contribution in [0.1, 0.15) is 48.5 Å². The maximum atomic E-state index is 12.8.